The highest BCUT2D eigenvalue weighted by atomic mass is 16.5. The minimum atomic E-state index is -0.851. The normalized spacial score (nSPS) is 13.7. The van der Waals surface area contributed by atoms with E-state index in [0.29, 0.717) is 43.7 Å². The van der Waals surface area contributed by atoms with Crippen molar-refractivity contribution in [1.82, 2.24) is 4.98 Å². The molecule has 1 rings (SSSR count). The second-order valence-corrected chi connectivity index (χ2v) is 5.94. The summed E-state index contributed by atoms with van der Waals surface area (Å²) in [5.74, 6) is 0.685. The molecule has 1 atom stereocenters. The van der Waals surface area contributed by atoms with Crippen LogP contribution in [0, 0.1) is 5.92 Å². The molecule has 1 amide bonds. The Morgan fingerprint density at radius 3 is 2.61 bits per heavy atom. The molecule has 1 aromatic heterocycles. The third-order valence-electron chi connectivity index (χ3n) is 3.27. The summed E-state index contributed by atoms with van der Waals surface area (Å²) in [5, 5.41) is 2.86. The smallest absolute Gasteiger partial charge is 0.256 e. The van der Waals surface area contributed by atoms with Crippen LogP contribution in [0.2, 0.25) is 0 Å². The van der Waals surface area contributed by atoms with Crippen LogP contribution in [0.3, 0.4) is 0 Å². The number of hydrogen-bond acceptors (Lipinski definition) is 5. The molecule has 1 unspecified atom stereocenters. The lowest BCUT2D eigenvalue weighted by molar-refractivity contribution is -0.140. The molecule has 0 aliphatic heterocycles. The fourth-order valence-electron chi connectivity index (χ4n) is 2.35. The Balaban J connectivity index is 2.67. The van der Waals surface area contributed by atoms with Gasteiger partial charge in [-0.25, -0.2) is 4.98 Å². The first-order valence-corrected chi connectivity index (χ1v) is 7.94. The molecule has 0 saturated carbocycles. The molecular weight excluding hydrogens is 296 g/mol. The van der Waals surface area contributed by atoms with E-state index >= 15 is 0 Å². The van der Waals surface area contributed by atoms with Gasteiger partial charge in [0.15, 0.2) is 0 Å². The maximum Gasteiger partial charge on any atom is 0.256 e. The van der Waals surface area contributed by atoms with Gasteiger partial charge in [-0.1, -0.05) is 13.8 Å². The molecule has 0 saturated heterocycles. The summed E-state index contributed by atoms with van der Waals surface area (Å²) in [7, 11) is 1.61. The molecule has 1 aromatic rings. The predicted molar refractivity (Wildman–Crippen MR) is 89.7 cm³/mol. The van der Waals surface area contributed by atoms with E-state index in [2.05, 4.69) is 24.1 Å². The van der Waals surface area contributed by atoms with Gasteiger partial charge < -0.3 is 19.5 Å². The van der Waals surface area contributed by atoms with E-state index in [0.717, 1.165) is 0 Å². The fraction of sp³-hybridized carbons (Fsp3) is 0.647. The molecule has 0 aliphatic rings. The number of nitrogens with one attached hydrogen (secondary N) is 1. The van der Waals surface area contributed by atoms with E-state index in [9.17, 15) is 4.79 Å². The van der Waals surface area contributed by atoms with Crippen molar-refractivity contribution < 1.29 is 19.0 Å². The van der Waals surface area contributed by atoms with Crippen molar-refractivity contribution in [2.45, 2.75) is 39.7 Å². The number of nitrogens with zero attached hydrogens (tertiary/aromatic N) is 1. The zero-order valence-corrected chi connectivity index (χ0v) is 14.7. The molecule has 6 heteroatoms. The first-order valence-electron chi connectivity index (χ1n) is 7.94. The Morgan fingerprint density at radius 1 is 1.35 bits per heavy atom. The van der Waals surface area contributed by atoms with Crippen LogP contribution in [0.4, 0.5) is 5.69 Å². The average Bonchev–Trinajstić information content (AvgIpc) is 2.48. The summed E-state index contributed by atoms with van der Waals surface area (Å²) in [6.45, 7) is 9.27. The lowest BCUT2D eigenvalue weighted by atomic mass is 9.93. The molecule has 0 radical (unpaired) electrons. The topological polar surface area (TPSA) is 69.7 Å². The highest BCUT2D eigenvalue weighted by Gasteiger charge is 2.34. The van der Waals surface area contributed by atoms with Gasteiger partial charge in [0, 0.05) is 19.8 Å². The molecule has 1 heterocycles. The van der Waals surface area contributed by atoms with E-state index in [1.54, 1.807) is 25.4 Å². The Morgan fingerprint density at radius 2 is 2.09 bits per heavy atom. The van der Waals surface area contributed by atoms with Crippen molar-refractivity contribution >= 4 is 11.6 Å². The third-order valence-corrected chi connectivity index (χ3v) is 3.27. The van der Waals surface area contributed by atoms with Crippen molar-refractivity contribution in [3.8, 4) is 5.88 Å². The van der Waals surface area contributed by atoms with Crippen LogP contribution in [0.1, 0.15) is 34.1 Å². The van der Waals surface area contributed by atoms with Gasteiger partial charge in [-0.05, 0) is 32.3 Å². The number of amides is 1. The Labute approximate surface area is 138 Å². The standard InChI is InChI=1S/C17H28N2O4/c1-6-23-17(4,11-13(2)3)16(20)19-14-7-8-15(18-12-14)22-10-9-21-5/h7-8,12-13H,6,9-11H2,1-5H3,(H,19,20). The van der Waals surface area contributed by atoms with E-state index < -0.39 is 5.60 Å². The number of aromatic nitrogens is 1. The van der Waals surface area contributed by atoms with Gasteiger partial charge in [-0.15, -0.1) is 0 Å². The van der Waals surface area contributed by atoms with E-state index in [-0.39, 0.29) is 5.91 Å². The summed E-state index contributed by atoms with van der Waals surface area (Å²) < 4.78 is 16.0. The third kappa shape index (κ3) is 6.54. The van der Waals surface area contributed by atoms with E-state index in [1.165, 1.54) is 0 Å². The van der Waals surface area contributed by atoms with Gasteiger partial charge in [0.1, 0.15) is 12.2 Å². The van der Waals surface area contributed by atoms with Gasteiger partial charge in [-0.2, -0.15) is 0 Å². The first-order chi connectivity index (χ1) is 10.9. The monoisotopic (exact) mass is 324 g/mol. The number of rotatable bonds is 10. The summed E-state index contributed by atoms with van der Waals surface area (Å²) in [6.07, 6.45) is 2.22. The molecule has 0 spiro atoms. The van der Waals surface area contributed by atoms with E-state index in [4.69, 9.17) is 14.2 Å². The molecule has 1 N–H and O–H groups in total. The number of methoxy groups -OCH3 is 1. The Bertz CT molecular complexity index is 476. The minimum Gasteiger partial charge on any atom is -0.475 e. The van der Waals surface area contributed by atoms with E-state index in [1.807, 2.05) is 13.8 Å². The minimum absolute atomic E-state index is 0.164. The summed E-state index contributed by atoms with van der Waals surface area (Å²) in [4.78, 5) is 16.7. The lowest BCUT2D eigenvalue weighted by Gasteiger charge is -2.29. The zero-order chi connectivity index (χ0) is 17.3. The maximum absolute atomic E-state index is 12.5. The lowest BCUT2D eigenvalue weighted by Crippen LogP contribution is -2.44. The number of carbonyl (C=O) groups is 1. The molecule has 0 aromatic carbocycles. The van der Waals surface area contributed by atoms with Crippen LogP contribution in [-0.2, 0) is 14.3 Å². The summed E-state index contributed by atoms with van der Waals surface area (Å²) in [5.41, 5.74) is -0.236. The van der Waals surface area contributed by atoms with Crippen molar-refractivity contribution in [1.29, 1.82) is 0 Å². The molecule has 130 valence electrons. The van der Waals surface area contributed by atoms with Crippen LogP contribution in [-0.4, -0.2) is 43.4 Å². The largest absolute Gasteiger partial charge is 0.475 e. The number of hydrogen-bond donors (Lipinski definition) is 1. The molecular formula is C17H28N2O4. The quantitative estimate of drug-likeness (QED) is 0.670. The highest BCUT2D eigenvalue weighted by molar-refractivity contribution is 5.96. The summed E-state index contributed by atoms with van der Waals surface area (Å²) >= 11 is 0. The molecule has 0 aliphatic carbocycles. The van der Waals surface area contributed by atoms with Gasteiger partial charge in [0.2, 0.25) is 5.88 Å². The van der Waals surface area contributed by atoms with Crippen molar-refractivity contribution in [2.75, 3.05) is 32.2 Å². The van der Waals surface area contributed by atoms with Crippen LogP contribution in [0.15, 0.2) is 18.3 Å². The molecule has 0 bridgehead atoms. The number of anilines is 1. The molecule has 0 fully saturated rings. The number of ether oxygens (including phenoxy) is 3. The number of pyridine rings is 1. The molecule has 23 heavy (non-hydrogen) atoms. The Hall–Kier alpha value is -1.66. The second-order valence-electron chi connectivity index (χ2n) is 5.94. The van der Waals surface area contributed by atoms with Gasteiger partial charge in [-0.3, -0.25) is 4.79 Å². The van der Waals surface area contributed by atoms with Crippen LogP contribution in [0.25, 0.3) is 0 Å². The molecule has 6 nitrogen and oxygen atoms in total. The van der Waals surface area contributed by atoms with Crippen LogP contribution < -0.4 is 10.1 Å². The van der Waals surface area contributed by atoms with Gasteiger partial charge in [0.05, 0.1) is 18.5 Å². The number of carbonyl (C=O) groups excluding carboxylic acids is 1. The summed E-state index contributed by atoms with van der Waals surface area (Å²) in [6, 6.07) is 3.47. The first kappa shape index (κ1) is 19.4. The van der Waals surface area contributed by atoms with Crippen LogP contribution in [0.5, 0.6) is 5.88 Å². The predicted octanol–water partition coefficient (Wildman–Crippen LogP) is 2.89. The SMILES string of the molecule is CCOC(C)(CC(C)C)C(=O)Nc1ccc(OCCOC)nc1. The fourth-order valence-corrected chi connectivity index (χ4v) is 2.35. The zero-order valence-electron chi connectivity index (χ0n) is 14.7. The highest BCUT2D eigenvalue weighted by Crippen LogP contribution is 2.23. The van der Waals surface area contributed by atoms with Gasteiger partial charge >= 0.3 is 0 Å². The average molecular weight is 324 g/mol. The van der Waals surface area contributed by atoms with Crippen LogP contribution >= 0.6 is 0 Å². The second kappa shape index (κ2) is 9.47. The van der Waals surface area contributed by atoms with Gasteiger partial charge in [0.25, 0.3) is 5.91 Å². The van der Waals surface area contributed by atoms with Crippen molar-refractivity contribution in [2.24, 2.45) is 5.92 Å². The Kier molecular flexibility index (Phi) is 7.98. The van der Waals surface area contributed by atoms with Crippen molar-refractivity contribution in [3.63, 3.8) is 0 Å². The van der Waals surface area contributed by atoms with Crippen molar-refractivity contribution in [3.05, 3.63) is 18.3 Å². The maximum atomic E-state index is 12.5.